The number of fused-ring (bicyclic) bond motifs is 1. The molecule has 7 heteroatoms. The van der Waals surface area contributed by atoms with Gasteiger partial charge in [0.15, 0.2) is 0 Å². The first-order valence-corrected chi connectivity index (χ1v) is 9.34. The summed E-state index contributed by atoms with van der Waals surface area (Å²) < 4.78 is 32.8. The van der Waals surface area contributed by atoms with Crippen LogP contribution in [0.15, 0.2) is 57.6 Å². The molecule has 0 saturated carbocycles. The average Bonchev–Trinajstić information content (AvgIpc) is 2.57. The van der Waals surface area contributed by atoms with E-state index in [1.165, 1.54) is 12.1 Å². The lowest BCUT2D eigenvalue weighted by Crippen LogP contribution is -2.00. The van der Waals surface area contributed by atoms with E-state index in [2.05, 4.69) is 10.2 Å². The lowest BCUT2D eigenvalue weighted by molar-refractivity contribution is 0.473. The zero-order chi connectivity index (χ0) is 19.1. The van der Waals surface area contributed by atoms with E-state index >= 15 is 0 Å². The van der Waals surface area contributed by atoms with Crippen molar-refractivity contribution in [3.05, 3.63) is 59.2 Å². The van der Waals surface area contributed by atoms with Gasteiger partial charge in [0.2, 0.25) is 0 Å². The second-order valence-electron chi connectivity index (χ2n) is 6.19. The minimum Gasteiger partial charge on any atom is -0.505 e. The van der Waals surface area contributed by atoms with Crippen molar-refractivity contribution in [3.63, 3.8) is 0 Å². The molecule has 0 atom stereocenters. The quantitative estimate of drug-likeness (QED) is 0.493. The van der Waals surface area contributed by atoms with Crippen molar-refractivity contribution >= 4 is 32.3 Å². The molecule has 0 saturated heterocycles. The van der Waals surface area contributed by atoms with Crippen LogP contribution in [0.3, 0.4) is 0 Å². The number of phenols is 1. The highest BCUT2D eigenvalue weighted by molar-refractivity contribution is 7.86. The second kappa shape index (κ2) is 6.51. The van der Waals surface area contributed by atoms with Gasteiger partial charge in [-0.05, 0) is 61.0 Å². The highest BCUT2D eigenvalue weighted by Crippen LogP contribution is 2.39. The summed E-state index contributed by atoms with van der Waals surface area (Å²) in [7, 11) is -4.45. The monoisotopic (exact) mass is 370 g/mol. The fourth-order valence-corrected chi connectivity index (χ4v) is 3.41. The van der Waals surface area contributed by atoms with Gasteiger partial charge in [0.1, 0.15) is 22.0 Å². The first kappa shape index (κ1) is 18.0. The smallest absolute Gasteiger partial charge is 0.296 e. The average molecular weight is 370 g/mol. The Hall–Kier alpha value is -2.77. The van der Waals surface area contributed by atoms with Gasteiger partial charge >= 0.3 is 0 Å². The molecule has 0 amide bonds. The predicted molar refractivity (Wildman–Crippen MR) is 100 cm³/mol. The Bertz CT molecular complexity index is 1150. The summed E-state index contributed by atoms with van der Waals surface area (Å²) in [4.78, 5) is -0.319. The molecule has 6 nitrogen and oxygen atoms in total. The summed E-state index contributed by atoms with van der Waals surface area (Å²) in [5.41, 5.74) is 2.42. The predicted octanol–water partition coefficient (Wildman–Crippen LogP) is 5.13. The molecule has 0 spiro atoms. The van der Waals surface area contributed by atoms with Crippen LogP contribution in [-0.2, 0) is 10.1 Å². The van der Waals surface area contributed by atoms with Gasteiger partial charge in [-0.1, -0.05) is 24.3 Å². The standard InChI is InChI=1S/C19H18N2O4S/c1-11-9-16(17(10-12(11)2)26(23,24)25)20-21-18-15-7-5-4-6-14(15)8-13(3)19(18)22/h4-10,22H,1-3H3,(H,23,24,25). The van der Waals surface area contributed by atoms with E-state index in [9.17, 15) is 18.1 Å². The zero-order valence-corrected chi connectivity index (χ0v) is 15.4. The first-order chi connectivity index (χ1) is 12.2. The Morgan fingerprint density at radius 2 is 1.54 bits per heavy atom. The molecule has 0 fully saturated rings. The van der Waals surface area contributed by atoms with E-state index in [0.29, 0.717) is 16.5 Å². The lowest BCUT2D eigenvalue weighted by atomic mass is 10.0. The molecule has 0 heterocycles. The molecule has 0 aliphatic carbocycles. The maximum absolute atomic E-state index is 11.7. The van der Waals surface area contributed by atoms with E-state index in [4.69, 9.17) is 0 Å². The van der Waals surface area contributed by atoms with Gasteiger partial charge in [-0.2, -0.15) is 8.42 Å². The van der Waals surface area contributed by atoms with Crippen molar-refractivity contribution in [1.29, 1.82) is 0 Å². The Kier molecular flexibility index (Phi) is 4.52. The van der Waals surface area contributed by atoms with Crippen molar-refractivity contribution in [2.24, 2.45) is 10.2 Å². The number of aromatic hydroxyl groups is 1. The van der Waals surface area contributed by atoms with Gasteiger partial charge in [-0.25, -0.2) is 0 Å². The van der Waals surface area contributed by atoms with Crippen molar-refractivity contribution < 1.29 is 18.1 Å². The van der Waals surface area contributed by atoms with Crippen molar-refractivity contribution in [3.8, 4) is 5.75 Å². The van der Waals surface area contributed by atoms with Crippen LogP contribution >= 0.6 is 0 Å². The number of phenolic OH excluding ortho intramolecular Hbond substituents is 1. The molecule has 2 N–H and O–H groups in total. The van der Waals surface area contributed by atoms with E-state index < -0.39 is 10.1 Å². The van der Waals surface area contributed by atoms with E-state index in [1.807, 2.05) is 31.2 Å². The molecule has 3 aromatic rings. The molecule has 0 aromatic heterocycles. The van der Waals surface area contributed by atoms with E-state index in [1.54, 1.807) is 19.9 Å². The fourth-order valence-electron chi connectivity index (χ4n) is 2.72. The number of hydrogen-bond donors (Lipinski definition) is 2. The van der Waals surface area contributed by atoms with Gasteiger partial charge in [0.05, 0.1) is 0 Å². The number of nitrogens with zero attached hydrogens (tertiary/aromatic N) is 2. The topological polar surface area (TPSA) is 99.3 Å². The molecule has 0 bridgehead atoms. The van der Waals surface area contributed by atoms with Crippen molar-refractivity contribution in [1.82, 2.24) is 0 Å². The third kappa shape index (κ3) is 3.31. The molecule has 3 rings (SSSR count). The Labute approximate surface area is 151 Å². The first-order valence-electron chi connectivity index (χ1n) is 7.90. The summed E-state index contributed by atoms with van der Waals surface area (Å²) in [6, 6.07) is 12.1. The minimum absolute atomic E-state index is 0.0144. The van der Waals surface area contributed by atoms with Gasteiger partial charge in [0, 0.05) is 5.39 Å². The molecule has 26 heavy (non-hydrogen) atoms. The minimum atomic E-state index is -4.45. The summed E-state index contributed by atoms with van der Waals surface area (Å²) >= 11 is 0. The number of rotatable bonds is 3. The fraction of sp³-hybridized carbons (Fsp3) is 0.158. The highest BCUT2D eigenvalue weighted by atomic mass is 32.2. The molecular weight excluding hydrogens is 352 g/mol. The van der Waals surface area contributed by atoms with E-state index in [-0.39, 0.29) is 22.0 Å². The zero-order valence-electron chi connectivity index (χ0n) is 14.6. The van der Waals surface area contributed by atoms with Crippen LogP contribution in [0, 0.1) is 20.8 Å². The van der Waals surface area contributed by atoms with Crippen LogP contribution in [-0.4, -0.2) is 18.1 Å². The largest absolute Gasteiger partial charge is 0.505 e. The van der Waals surface area contributed by atoms with Crippen molar-refractivity contribution in [2.75, 3.05) is 0 Å². The number of aryl methyl sites for hydroxylation is 3. The van der Waals surface area contributed by atoms with Gasteiger partial charge < -0.3 is 5.11 Å². The van der Waals surface area contributed by atoms with Gasteiger partial charge in [-0.3, -0.25) is 4.55 Å². The van der Waals surface area contributed by atoms with Gasteiger partial charge in [-0.15, -0.1) is 10.2 Å². The Balaban J connectivity index is 2.23. The Morgan fingerprint density at radius 3 is 2.23 bits per heavy atom. The summed E-state index contributed by atoms with van der Waals surface area (Å²) in [6.07, 6.45) is 0. The lowest BCUT2D eigenvalue weighted by Gasteiger charge is -2.09. The van der Waals surface area contributed by atoms with E-state index in [0.717, 1.165) is 10.9 Å². The molecule has 0 aliphatic rings. The maximum Gasteiger partial charge on any atom is 0.296 e. The molecule has 0 unspecified atom stereocenters. The SMILES string of the molecule is Cc1cc(N=Nc2c(O)c(C)cc3ccccc23)c(S(=O)(=O)O)cc1C. The summed E-state index contributed by atoms with van der Waals surface area (Å²) in [6.45, 7) is 5.30. The Morgan fingerprint density at radius 1 is 0.885 bits per heavy atom. The normalized spacial score (nSPS) is 12.2. The third-order valence-corrected chi connectivity index (χ3v) is 5.18. The highest BCUT2D eigenvalue weighted by Gasteiger charge is 2.18. The van der Waals surface area contributed by atoms with Crippen LogP contribution in [0.4, 0.5) is 11.4 Å². The van der Waals surface area contributed by atoms with Crippen LogP contribution in [0.1, 0.15) is 16.7 Å². The van der Waals surface area contributed by atoms with Crippen LogP contribution < -0.4 is 0 Å². The molecular formula is C19H18N2O4S. The van der Waals surface area contributed by atoms with Crippen LogP contribution in [0.5, 0.6) is 5.75 Å². The third-order valence-electron chi connectivity index (χ3n) is 4.30. The molecule has 0 radical (unpaired) electrons. The van der Waals surface area contributed by atoms with Gasteiger partial charge in [0.25, 0.3) is 10.1 Å². The molecule has 134 valence electrons. The maximum atomic E-state index is 11.7. The number of azo groups is 1. The molecule has 3 aromatic carbocycles. The van der Waals surface area contributed by atoms with Crippen LogP contribution in [0.25, 0.3) is 10.8 Å². The molecule has 0 aliphatic heterocycles. The van der Waals surface area contributed by atoms with Crippen molar-refractivity contribution in [2.45, 2.75) is 25.7 Å². The number of hydrogen-bond acceptors (Lipinski definition) is 5. The second-order valence-corrected chi connectivity index (χ2v) is 7.58. The van der Waals surface area contributed by atoms with Crippen LogP contribution in [0.2, 0.25) is 0 Å². The summed E-state index contributed by atoms with van der Waals surface area (Å²) in [5.74, 6) is -0.0234. The summed E-state index contributed by atoms with van der Waals surface area (Å²) in [5, 5.41) is 20.1. The number of benzene rings is 3.